The van der Waals surface area contributed by atoms with Crippen molar-refractivity contribution in [2.45, 2.75) is 11.9 Å². The van der Waals surface area contributed by atoms with Gasteiger partial charge in [-0.25, -0.2) is 4.39 Å². The van der Waals surface area contributed by atoms with Gasteiger partial charge in [0.15, 0.2) is 0 Å². The topological polar surface area (TPSA) is 20.2 Å². The van der Waals surface area contributed by atoms with E-state index in [0.29, 0.717) is 11.3 Å². The fraction of sp³-hybridized carbons (Fsp3) is 0.333. The molecule has 1 N–H and O–H groups in total. The Kier molecular flexibility index (Phi) is 2.62. The first-order valence-corrected chi connectivity index (χ1v) is 5.87. The monoisotopic (exact) mass is 262 g/mol. The standard InChI is InChI=1S/C9H8BrFOS/c10-6-1-2-7(11)9-5(6)3-13-4-8(9)12/h1-2,8,12H,3-4H2/t8-/m0/s1. The number of hydrogen-bond donors (Lipinski definition) is 1. The largest absolute Gasteiger partial charge is 0.387 e. The first-order valence-electron chi connectivity index (χ1n) is 3.92. The van der Waals surface area contributed by atoms with Gasteiger partial charge in [0.2, 0.25) is 0 Å². The van der Waals surface area contributed by atoms with Crippen LogP contribution in [0.1, 0.15) is 17.2 Å². The highest BCUT2D eigenvalue weighted by Gasteiger charge is 2.23. The molecule has 4 heteroatoms. The first-order chi connectivity index (χ1) is 6.20. The third-order valence-electron chi connectivity index (χ3n) is 2.10. The zero-order chi connectivity index (χ0) is 9.42. The Morgan fingerprint density at radius 3 is 3.00 bits per heavy atom. The number of fused-ring (bicyclic) bond motifs is 1. The minimum absolute atomic E-state index is 0.300. The van der Waals surface area contributed by atoms with Crippen LogP contribution in [0.5, 0.6) is 0 Å². The highest BCUT2D eigenvalue weighted by Crippen LogP contribution is 2.37. The van der Waals surface area contributed by atoms with E-state index in [4.69, 9.17) is 0 Å². The van der Waals surface area contributed by atoms with Gasteiger partial charge in [0.1, 0.15) is 5.82 Å². The van der Waals surface area contributed by atoms with E-state index in [1.54, 1.807) is 17.8 Å². The summed E-state index contributed by atoms with van der Waals surface area (Å²) in [7, 11) is 0. The van der Waals surface area contributed by atoms with Crippen LogP contribution in [0.3, 0.4) is 0 Å². The quantitative estimate of drug-likeness (QED) is 0.776. The van der Waals surface area contributed by atoms with E-state index in [0.717, 1.165) is 15.8 Å². The summed E-state index contributed by atoms with van der Waals surface area (Å²) in [5, 5.41) is 9.58. The second-order valence-electron chi connectivity index (χ2n) is 2.95. The van der Waals surface area contributed by atoms with E-state index in [-0.39, 0.29) is 5.82 Å². The fourth-order valence-electron chi connectivity index (χ4n) is 1.47. The number of aliphatic hydroxyl groups is 1. The number of benzene rings is 1. The molecule has 0 amide bonds. The van der Waals surface area contributed by atoms with Gasteiger partial charge in [-0.15, -0.1) is 0 Å². The van der Waals surface area contributed by atoms with Gasteiger partial charge < -0.3 is 5.11 Å². The fourth-order valence-corrected chi connectivity index (χ4v) is 3.17. The van der Waals surface area contributed by atoms with E-state index >= 15 is 0 Å². The number of rotatable bonds is 0. The molecular formula is C9H8BrFOS. The van der Waals surface area contributed by atoms with Gasteiger partial charge in [0, 0.05) is 21.5 Å². The van der Waals surface area contributed by atoms with Gasteiger partial charge >= 0.3 is 0 Å². The third kappa shape index (κ3) is 1.63. The van der Waals surface area contributed by atoms with Crippen molar-refractivity contribution in [3.8, 4) is 0 Å². The molecule has 0 radical (unpaired) electrons. The van der Waals surface area contributed by atoms with Crippen LogP contribution in [0.2, 0.25) is 0 Å². The molecular weight excluding hydrogens is 255 g/mol. The Balaban J connectivity index is 2.60. The smallest absolute Gasteiger partial charge is 0.129 e. The minimum Gasteiger partial charge on any atom is -0.387 e. The SMILES string of the molecule is O[C@H]1CSCc2c(Br)ccc(F)c21. The highest BCUT2D eigenvalue weighted by atomic mass is 79.9. The molecule has 0 aromatic heterocycles. The molecule has 0 fully saturated rings. The molecule has 0 aliphatic carbocycles. The zero-order valence-corrected chi connectivity index (χ0v) is 9.16. The second-order valence-corrected chi connectivity index (χ2v) is 4.84. The first kappa shape index (κ1) is 9.49. The molecule has 0 spiro atoms. The lowest BCUT2D eigenvalue weighted by Gasteiger charge is -2.22. The summed E-state index contributed by atoms with van der Waals surface area (Å²) < 4.78 is 14.2. The van der Waals surface area contributed by atoms with Crippen molar-refractivity contribution >= 4 is 27.7 Å². The van der Waals surface area contributed by atoms with E-state index in [9.17, 15) is 9.50 Å². The molecule has 0 bridgehead atoms. The van der Waals surface area contributed by atoms with Gasteiger partial charge in [-0.1, -0.05) is 15.9 Å². The molecule has 1 aliphatic heterocycles. The number of hydrogen-bond acceptors (Lipinski definition) is 2. The summed E-state index contributed by atoms with van der Waals surface area (Å²) >= 11 is 4.97. The summed E-state index contributed by atoms with van der Waals surface area (Å²) in [6, 6.07) is 3.08. The van der Waals surface area contributed by atoms with Crippen molar-refractivity contribution in [3.63, 3.8) is 0 Å². The van der Waals surface area contributed by atoms with Crippen molar-refractivity contribution in [1.82, 2.24) is 0 Å². The van der Waals surface area contributed by atoms with Crippen molar-refractivity contribution in [1.29, 1.82) is 0 Å². The molecule has 2 rings (SSSR count). The third-order valence-corrected chi connectivity index (χ3v) is 3.89. The second kappa shape index (κ2) is 3.59. The lowest BCUT2D eigenvalue weighted by atomic mass is 10.0. The van der Waals surface area contributed by atoms with E-state index in [2.05, 4.69) is 15.9 Å². The van der Waals surface area contributed by atoms with E-state index in [1.807, 2.05) is 0 Å². The Labute approximate surface area is 88.5 Å². The van der Waals surface area contributed by atoms with Gasteiger partial charge in [-0.2, -0.15) is 11.8 Å². The Bertz CT molecular complexity index is 343. The maximum Gasteiger partial charge on any atom is 0.129 e. The van der Waals surface area contributed by atoms with E-state index < -0.39 is 6.10 Å². The molecule has 1 atom stereocenters. The van der Waals surface area contributed by atoms with Crippen molar-refractivity contribution in [3.05, 3.63) is 33.5 Å². The summed E-state index contributed by atoms with van der Waals surface area (Å²) in [6.45, 7) is 0. The van der Waals surface area contributed by atoms with Crippen LogP contribution in [0.15, 0.2) is 16.6 Å². The molecule has 1 aliphatic rings. The van der Waals surface area contributed by atoms with Crippen LogP contribution >= 0.6 is 27.7 Å². The van der Waals surface area contributed by atoms with E-state index in [1.165, 1.54) is 6.07 Å². The predicted octanol–water partition coefficient (Wildman–Crippen LogP) is 2.87. The summed E-state index contributed by atoms with van der Waals surface area (Å²) in [4.78, 5) is 0. The van der Waals surface area contributed by atoms with Crippen LogP contribution in [0.25, 0.3) is 0 Å². The van der Waals surface area contributed by atoms with Crippen LogP contribution < -0.4 is 0 Å². The molecule has 0 unspecified atom stereocenters. The van der Waals surface area contributed by atoms with Crippen molar-refractivity contribution < 1.29 is 9.50 Å². The van der Waals surface area contributed by atoms with Crippen LogP contribution in [-0.4, -0.2) is 10.9 Å². The van der Waals surface area contributed by atoms with Gasteiger partial charge in [0.25, 0.3) is 0 Å². The van der Waals surface area contributed by atoms with Crippen LogP contribution in [-0.2, 0) is 5.75 Å². The summed E-state index contributed by atoms with van der Waals surface area (Å²) in [6.07, 6.45) is -0.661. The number of halogens is 2. The average Bonchev–Trinajstić information content (AvgIpc) is 2.12. The van der Waals surface area contributed by atoms with Crippen molar-refractivity contribution in [2.75, 3.05) is 5.75 Å². The normalized spacial score (nSPS) is 21.3. The molecule has 13 heavy (non-hydrogen) atoms. The molecule has 1 heterocycles. The Morgan fingerprint density at radius 1 is 1.54 bits per heavy atom. The molecule has 0 saturated carbocycles. The summed E-state index contributed by atoms with van der Waals surface area (Å²) in [5.41, 5.74) is 1.36. The molecule has 70 valence electrons. The summed E-state index contributed by atoms with van der Waals surface area (Å²) in [5.74, 6) is 1.05. The van der Waals surface area contributed by atoms with Gasteiger partial charge in [-0.05, 0) is 17.7 Å². The van der Waals surface area contributed by atoms with Crippen LogP contribution in [0, 0.1) is 5.82 Å². The maximum absolute atomic E-state index is 13.3. The average molecular weight is 263 g/mol. The Hall–Kier alpha value is -0.0600. The molecule has 1 nitrogen and oxygen atoms in total. The maximum atomic E-state index is 13.3. The number of aliphatic hydroxyl groups excluding tert-OH is 1. The van der Waals surface area contributed by atoms with Gasteiger partial charge in [-0.3, -0.25) is 0 Å². The van der Waals surface area contributed by atoms with Crippen molar-refractivity contribution in [2.24, 2.45) is 0 Å². The zero-order valence-electron chi connectivity index (χ0n) is 6.76. The highest BCUT2D eigenvalue weighted by molar-refractivity contribution is 9.10. The van der Waals surface area contributed by atoms with Crippen LogP contribution in [0.4, 0.5) is 4.39 Å². The lowest BCUT2D eigenvalue weighted by molar-refractivity contribution is 0.196. The molecule has 1 aromatic rings. The Morgan fingerprint density at radius 2 is 2.31 bits per heavy atom. The molecule has 0 saturated heterocycles. The predicted molar refractivity (Wildman–Crippen MR) is 55.2 cm³/mol. The number of thioether (sulfide) groups is 1. The van der Waals surface area contributed by atoms with Gasteiger partial charge in [0.05, 0.1) is 6.10 Å². The molecule has 1 aromatic carbocycles. The lowest BCUT2D eigenvalue weighted by Crippen LogP contribution is -2.12. The minimum atomic E-state index is -0.661.